The molecule has 0 nitrogen and oxygen atoms in total. The van der Waals surface area contributed by atoms with Crippen LogP contribution < -0.4 is 0 Å². The Hall–Kier alpha value is -2.31. The third-order valence-corrected chi connectivity index (χ3v) is 15.9. The van der Waals surface area contributed by atoms with Crippen LogP contribution in [0.3, 0.4) is 0 Å². The molecule has 0 amide bonds. The Morgan fingerprint density at radius 2 is 1.13 bits per heavy atom. The number of allylic oxidation sites excluding steroid dienone is 4. The monoisotopic (exact) mass is 614 g/mol. The third-order valence-electron chi connectivity index (χ3n) is 7.62. The van der Waals surface area contributed by atoms with Gasteiger partial charge < -0.3 is 0 Å². The summed E-state index contributed by atoms with van der Waals surface area (Å²) in [5, 5.41) is 0. The molecular weight excluding hydrogens is 583 g/mol. The van der Waals surface area contributed by atoms with Gasteiger partial charge in [-0.15, -0.1) is 24.8 Å². The first-order valence-corrected chi connectivity index (χ1v) is 16.8. The van der Waals surface area contributed by atoms with Crippen molar-refractivity contribution in [2.75, 3.05) is 0 Å². The van der Waals surface area contributed by atoms with Crippen molar-refractivity contribution in [2.45, 2.75) is 37.7 Å². The van der Waals surface area contributed by atoms with Gasteiger partial charge in [0, 0.05) is 0 Å². The zero-order valence-electron chi connectivity index (χ0n) is 22.4. The van der Waals surface area contributed by atoms with Crippen LogP contribution in [0.4, 0.5) is 0 Å². The van der Waals surface area contributed by atoms with E-state index in [0.29, 0.717) is 3.63 Å². The first kappa shape index (κ1) is 28.7. The number of halogens is 2. The van der Waals surface area contributed by atoms with E-state index in [2.05, 4.69) is 131 Å². The fraction of sp³-hybridized carbons (Fsp3) is 0.171. The van der Waals surface area contributed by atoms with E-state index in [1.54, 1.807) is 17.6 Å². The molecule has 0 N–H and O–H groups in total. The topological polar surface area (TPSA) is 0 Å². The van der Waals surface area contributed by atoms with Gasteiger partial charge in [-0.25, -0.2) is 0 Å². The smallest absolute Gasteiger partial charge is 0.147 e. The second kappa shape index (κ2) is 11.8. The van der Waals surface area contributed by atoms with Crippen LogP contribution in [0.5, 0.6) is 0 Å². The summed E-state index contributed by atoms with van der Waals surface area (Å²) in [6.07, 6.45) is 8.21. The summed E-state index contributed by atoms with van der Waals surface area (Å²) in [6, 6.07) is 32.8. The molecule has 0 bridgehead atoms. The molecular formula is C35H34Cl2Zr. The third kappa shape index (κ3) is 5.27. The zero-order chi connectivity index (χ0) is 24.8. The van der Waals surface area contributed by atoms with Crippen LogP contribution in [0.1, 0.15) is 54.6 Å². The molecule has 0 heterocycles. The van der Waals surface area contributed by atoms with Crippen LogP contribution >= 0.6 is 24.8 Å². The Kier molecular flexibility index (Phi) is 8.94. The van der Waals surface area contributed by atoms with E-state index >= 15 is 0 Å². The number of rotatable bonds is 4. The van der Waals surface area contributed by atoms with E-state index < -0.39 is 21.3 Å². The summed E-state index contributed by atoms with van der Waals surface area (Å²) in [5.41, 5.74) is 14.2. The quantitative estimate of drug-likeness (QED) is 0.214. The van der Waals surface area contributed by atoms with Gasteiger partial charge in [-0.2, -0.15) is 0 Å². The van der Waals surface area contributed by atoms with Crippen molar-refractivity contribution >= 4 is 28.0 Å². The van der Waals surface area contributed by atoms with Crippen molar-refractivity contribution < 1.29 is 21.3 Å². The number of fused-ring (bicyclic) bond motifs is 3. The normalized spacial score (nSPS) is 13.2. The van der Waals surface area contributed by atoms with Crippen molar-refractivity contribution in [3.63, 3.8) is 0 Å². The minimum atomic E-state index is -2.58. The average Bonchev–Trinajstić information content (AvgIpc) is 3.49. The minimum absolute atomic E-state index is 0. The fourth-order valence-electron chi connectivity index (χ4n) is 6.03. The Bertz CT molecular complexity index is 1510. The molecule has 4 aromatic carbocycles. The maximum absolute atomic E-state index is 2.58. The largest absolute Gasteiger partial charge is 0.147 e. The van der Waals surface area contributed by atoms with Crippen molar-refractivity contribution in [3.8, 4) is 11.1 Å². The molecule has 38 heavy (non-hydrogen) atoms. The summed E-state index contributed by atoms with van der Waals surface area (Å²) in [6.45, 7) is 8.95. The second-order valence-corrected chi connectivity index (χ2v) is 16.7. The first-order valence-electron chi connectivity index (χ1n) is 13.0. The van der Waals surface area contributed by atoms with Gasteiger partial charge in [0.25, 0.3) is 0 Å². The Morgan fingerprint density at radius 1 is 0.632 bits per heavy atom. The summed E-state index contributed by atoms with van der Waals surface area (Å²) in [4.78, 5) is 0. The summed E-state index contributed by atoms with van der Waals surface area (Å²) in [7, 11) is 0. The minimum Gasteiger partial charge on any atom is -0.147 e. The number of hydrogen-bond donors (Lipinski definition) is 0. The standard InChI is InChI=1S/C15H13.C15H14.C5H5.2ClH.Zr/c1-10-3-5-14-12(7-10)9-13-8-11(2)4-6-15(13)14;1-12-5-3-7-14(9-12)11-15-8-4-6-13(2)10-15;1-2-4-5-3-1;;;/h3-9H,1-2H3;3-10H,1-2H3;1-3H,4H2;2*1H;. The van der Waals surface area contributed by atoms with Crippen LogP contribution in [0.2, 0.25) is 0 Å². The van der Waals surface area contributed by atoms with Crippen molar-refractivity contribution in [3.05, 3.63) is 151 Å². The predicted octanol–water partition coefficient (Wildman–Crippen LogP) is 9.56. The molecule has 4 aromatic rings. The van der Waals surface area contributed by atoms with Crippen molar-refractivity contribution in [2.24, 2.45) is 0 Å². The van der Waals surface area contributed by atoms with Gasteiger partial charge in [0.05, 0.1) is 0 Å². The van der Waals surface area contributed by atoms with Crippen LogP contribution in [0.25, 0.3) is 11.1 Å². The molecule has 2 aliphatic carbocycles. The zero-order valence-corrected chi connectivity index (χ0v) is 26.5. The predicted molar refractivity (Wildman–Crippen MR) is 165 cm³/mol. The molecule has 0 unspecified atom stereocenters. The molecule has 0 atom stereocenters. The SMILES string of the molecule is Cc1cccc([C](c2cccc(C)c2)=[Zr]([C]2=CC=CC2)[CH]2c3cc(C)ccc3-c3ccc(C)cc32)c1.Cl.Cl. The first-order chi connectivity index (χ1) is 17.5. The van der Waals surface area contributed by atoms with E-state index in [1.807, 2.05) is 0 Å². The molecule has 0 spiro atoms. The average molecular weight is 617 g/mol. The van der Waals surface area contributed by atoms with E-state index in [9.17, 15) is 0 Å². The van der Waals surface area contributed by atoms with Gasteiger partial charge in [0.1, 0.15) is 0 Å². The van der Waals surface area contributed by atoms with E-state index in [0.717, 1.165) is 6.42 Å². The number of aryl methyl sites for hydroxylation is 4. The van der Waals surface area contributed by atoms with Gasteiger partial charge in [-0.05, 0) is 0 Å². The van der Waals surface area contributed by atoms with Crippen LogP contribution in [0, 0.1) is 27.7 Å². The van der Waals surface area contributed by atoms with Gasteiger partial charge in [-0.1, -0.05) is 0 Å². The molecule has 0 aliphatic heterocycles. The molecule has 0 saturated heterocycles. The van der Waals surface area contributed by atoms with Gasteiger partial charge >= 0.3 is 224 Å². The molecule has 0 aromatic heterocycles. The molecule has 6 rings (SSSR count). The van der Waals surface area contributed by atoms with Crippen LogP contribution in [-0.2, 0) is 21.3 Å². The Balaban J connectivity index is 0.00000168. The van der Waals surface area contributed by atoms with E-state index in [-0.39, 0.29) is 24.8 Å². The van der Waals surface area contributed by atoms with Crippen LogP contribution in [-0.4, -0.2) is 3.21 Å². The Morgan fingerprint density at radius 3 is 1.58 bits per heavy atom. The molecule has 0 radical (unpaired) electrons. The maximum Gasteiger partial charge on any atom is -0.147 e. The molecule has 0 fully saturated rings. The van der Waals surface area contributed by atoms with Crippen molar-refractivity contribution in [1.82, 2.24) is 0 Å². The fourth-order valence-corrected chi connectivity index (χ4v) is 14.9. The Labute approximate surface area is 247 Å². The second-order valence-electron chi connectivity index (χ2n) is 10.5. The van der Waals surface area contributed by atoms with E-state index in [4.69, 9.17) is 0 Å². The van der Waals surface area contributed by atoms with E-state index in [1.165, 1.54) is 44.5 Å². The molecule has 0 saturated carbocycles. The maximum atomic E-state index is 2.49. The number of benzene rings is 4. The van der Waals surface area contributed by atoms with Gasteiger partial charge in [0.2, 0.25) is 0 Å². The summed E-state index contributed by atoms with van der Waals surface area (Å²) >= 11 is -2.58. The molecule has 3 heteroatoms. The van der Waals surface area contributed by atoms with Crippen LogP contribution in [0.15, 0.2) is 106 Å². The summed E-state index contributed by atoms with van der Waals surface area (Å²) < 4.78 is 3.80. The van der Waals surface area contributed by atoms with Gasteiger partial charge in [0.15, 0.2) is 0 Å². The molecule has 2 aliphatic rings. The van der Waals surface area contributed by atoms with Crippen molar-refractivity contribution in [1.29, 1.82) is 0 Å². The number of hydrogen-bond acceptors (Lipinski definition) is 0. The molecule has 192 valence electrons. The van der Waals surface area contributed by atoms with Gasteiger partial charge in [-0.3, -0.25) is 0 Å². The summed E-state index contributed by atoms with van der Waals surface area (Å²) in [5.74, 6) is 0.